The third-order valence-electron chi connectivity index (χ3n) is 2.34. The Balaban J connectivity index is 2.78. The average molecular weight is 288 g/mol. The summed E-state index contributed by atoms with van der Waals surface area (Å²) in [6.07, 6.45) is 0.450. The van der Waals surface area contributed by atoms with Gasteiger partial charge in [0.1, 0.15) is 12.2 Å². The second-order valence-corrected chi connectivity index (χ2v) is 7.21. The predicted octanol–water partition coefficient (Wildman–Crippen LogP) is -0.515. The van der Waals surface area contributed by atoms with Crippen molar-refractivity contribution in [2.75, 3.05) is 19.6 Å². The van der Waals surface area contributed by atoms with Crippen LogP contribution < -0.4 is 0 Å². The van der Waals surface area contributed by atoms with E-state index in [1.807, 2.05) is 0 Å². The highest BCUT2D eigenvalue weighted by Crippen LogP contribution is 2.29. The summed E-state index contributed by atoms with van der Waals surface area (Å²) in [5.41, 5.74) is 0. The molecular formula is C8H16O7S2. The lowest BCUT2D eigenvalue weighted by molar-refractivity contribution is 0.0887. The number of methoxy groups -OCH3 is 1. The van der Waals surface area contributed by atoms with Crippen LogP contribution in [0.25, 0.3) is 0 Å². The van der Waals surface area contributed by atoms with E-state index in [2.05, 4.69) is 0 Å². The molecule has 0 unspecified atom stereocenters. The fourth-order valence-electron chi connectivity index (χ4n) is 1.76. The van der Waals surface area contributed by atoms with E-state index in [1.165, 1.54) is 7.11 Å². The minimum Gasteiger partial charge on any atom is -0.381 e. The summed E-state index contributed by atoms with van der Waals surface area (Å²) < 4.78 is 58.7. The molecule has 0 saturated heterocycles. The van der Waals surface area contributed by atoms with Gasteiger partial charge in [-0.15, -0.1) is 0 Å². The van der Waals surface area contributed by atoms with Crippen LogP contribution in [0.15, 0.2) is 0 Å². The normalized spacial score (nSPS) is 27.5. The Hall–Kier alpha value is -0.220. The van der Waals surface area contributed by atoms with Crippen LogP contribution in [0.3, 0.4) is 0 Å². The van der Waals surface area contributed by atoms with Crippen LogP contribution in [0.5, 0.6) is 0 Å². The summed E-state index contributed by atoms with van der Waals surface area (Å²) in [5, 5.41) is 0. The fraction of sp³-hybridized carbons (Fsp3) is 1.00. The van der Waals surface area contributed by atoms with Crippen molar-refractivity contribution in [1.29, 1.82) is 0 Å². The topological polar surface area (TPSA) is 96.0 Å². The Kier molecular flexibility index (Phi) is 4.53. The van der Waals surface area contributed by atoms with Gasteiger partial charge >= 0.3 is 0 Å². The van der Waals surface area contributed by atoms with Gasteiger partial charge < -0.3 is 4.74 Å². The zero-order valence-corrected chi connectivity index (χ0v) is 11.5. The summed E-state index contributed by atoms with van der Waals surface area (Å²) >= 11 is 0. The summed E-state index contributed by atoms with van der Waals surface area (Å²) in [7, 11) is -5.85. The number of rotatable bonds is 5. The molecule has 1 fully saturated rings. The van der Waals surface area contributed by atoms with E-state index in [4.69, 9.17) is 13.1 Å². The minimum absolute atomic E-state index is 0.270. The highest BCUT2D eigenvalue weighted by molar-refractivity contribution is 7.86. The van der Waals surface area contributed by atoms with E-state index in [0.717, 1.165) is 12.5 Å². The Labute approximate surface area is 101 Å². The molecule has 0 aromatic rings. The van der Waals surface area contributed by atoms with Crippen LogP contribution in [-0.4, -0.2) is 54.8 Å². The molecule has 0 heterocycles. The van der Waals surface area contributed by atoms with Crippen molar-refractivity contribution in [3.05, 3.63) is 0 Å². The minimum atomic E-state index is -3.66. The van der Waals surface area contributed by atoms with Gasteiger partial charge in [0, 0.05) is 20.0 Å². The lowest BCUT2D eigenvalue weighted by Gasteiger charge is -2.17. The van der Waals surface area contributed by atoms with Gasteiger partial charge in [-0.05, 0) is 0 Å². The fourth-order valence-corrected chi connectivity index (χ4v) is 3.07. The van der Waals surface area contributed by atoms with Crippen molar-refractivity contribution in [1.82, 2.24) is 0 Å². The first-order chi connectivity index (χ1) is 7.61. The quantitative estimate of drug-likeness (QED) is 0.628. The van der Waals surface area contributed by atoms with Gasteiger partial charge in [0.2, 0.25) is 0 Å². The van der Waals surface area contributed by atoms with Crippen molar-refractivity contribution in [2.24, 2.45) is 0 Å². The molecule has 1 aliphatic carbocycles. The molecule has 2 atom stereocenters. The first kappa shape index (κ1) is 14.8. The maximum Gasteiger partial charge on any atom is 0.264 e. The molecule has 1 saturated carbocycles. The van der Waals surface area contributed by atoms with Crippen LogP contribution >= 0.6 is 0 Å². The Morgan fingerprint density at radius 1 is 0.882 bits per heavy atom. The van der Waals surface area contributed by atoms with Gasteiger partial charge in [-0.25, -0.2) is 0 Å². The molecule has 102 valence electrons. The number of hydrogen-bond donors (Lipinski definition) is 0. The molecule has 7 nitrogen and oxygen atoms in total. The molecule has 1 aliphatic rings. The molecular weight excluding hydrogens is 272 g/mol. The molecule has 0 aliphatic heterocycles. The standard InChI is InChI=1S/C8H16O7S2/c1-13-6-4-7(14-16(2,9)10)8(5-6)15-17(3,11)12/h6-8H,4-5H2,1-3H3/t7-,8-/m1/s1. The monoisotopic (exact) mass is 288 g/mol. The molecule has 0 radical (unpaired) electrons. The molecule has 0 bridgehead atoms. The average Bonchev–Trinajstić information content (AvgIpc) is 2.42. The Morgan fingerprint density at radius 2 is 1.24 bits per heavy atom. The smallest absolute Gasteiger partial charge is 0.264 e. The third kappa shape index (κ3) is 5.30. The van der Waals surface area contributed by atoms with Crippen molar-refractivity contribution in [3.8, 4) is 0 Å². The summed E-state index contributed by atoms with van der Waals surface area (Å²) in [4.78, 5) is 0. The van der Waals surface area contributed by atoms with Crippen LogP contribution in [0, 0.1) is 0 Å². The molecule has 0 amide bonds. The van der Waals surface area contributed by atoms with Crippen molar-refractivity contribution < 1.29 is 29.9 Å². The van der Waals surface area contributed by atoms with Crippen LogP contribution in [0.4, 0.5) is 0 Å². The van der Waals surface area contributed by atoms with E-state index in [9.17, 15) is 16.8 Å². The van der Waals surface area contributed by atoms with E-state index in [1.54, 1.807) is 0 Å². The van der Waals surface area contributed by atoms with Gasteiger partial charge in [0.25, 0.3) is 20.2 Å². The first-order valence-electron chi connectivity index (χ1n) is 4.90. The largest absolute Gasteiger partial charge is 0.381 e. The third-order valence-corrected chi connectivity index (χ3v) is 3.53. The summed E-state index contributed by atoms with van der Waals surface area (Å²) in [6.45, 7) is 0. The van der Waals surface area contributed by atoms with Gasteiger partial charge in [-0.1, -0.05) is 0 Å². The second-order valence-electron chi connectivity index (χ2n) is 4.01. The lowest BCUT2D eigenvalue weighted by atomic mass is 10.3. The van der Waals surface area contributed by atoms with E-state index in [0.29, 0.717) is 0 Å². The summed E-state index contributed by atoms with van der Waals surface area (Å²) in [5.74, 6) is 0. The lowest BCUT2D eigenvalue weighted by Crippen LogP contribution is -2.30. The van der Waals surface area contributed by atoms with Gasteiger partial charge in [0.05, 0.1) is 18.6 Å². The molecule has 0 aromatic heterocycles. The van der Waals surface area contributed by atoms with E-state index < -0.39 is 32.4 Å². The van der Waals surface area contributed by atoms with E-state index >= 15 is 0 Å². The zero-order valence-electron chi connectivity index (χ0n) is 9.82. The molecule has 0 spiro atoms. The van der Waals surface area contributed by atoms with Gasteiger partial charge in [-0.2, -0.15) is 16.8 Å². The Morgan fingerprint density at radius 3 is 1.47 bits per heavy atom. The van der Waals surface area contributed by atoms with Crippen molar-refractivity contribution in [2.45, 2.75) is 31.2 Å². The van der Waals surface area contributed by atoms with E-state index in [-0.39, 0.29) is 18.9 Å². The zero-order chi connectivity index (χ0) is 13.3. The second kappa shape index (κ2) is 5.19. The van der Waals surface area contributed by atoms with Gasteiger partial charge in [0.15, 0.2) is 0 Å². The highest BCUT2D eigenvalue weighted by atomic mass is 32.2. The Bertz CT molecular complexity index is 410. The van der Waals surface area contributed by atoms with Crippen LogP contribution in [0.2, 0.25) is 0 Å². The van der Waals surface area contributed by atoms with Gasteiger partial charge in [-0.3, -0.25) is 8.37 Å². The molecule has 1 rings (SSSR count). The van der Waals surface area contributed by atoms with Crippen molar-refractivity contribution >= 4 is 20.2 Å². The summed E-state index contributed by atoms with van der Waals surface area (Å²) in [6, 6.07) is 0. The number of ether oxygens (including phenoxy) is 1. The first-order valence-corrected chi connectivity index (χ1v) is 8.53. The number of hydrogen-bond acceptors (Lipinski definition) is 7. The van der Waals surface area contributed by atoms with Crippen LogP contribution in [0.1, 0.15) is 12.8 Å². The molecule has 9 heteroatoms. The molecule has 0 N–H and O–H groups in total. The van der Waals surface area contributed by atoms with Crippen LogP contribution in [-0.2, 0) is 33.3 Å². The van der Waals surface area contributed by atoms with Crippen molar-refractivity contribution in [3.63, 3.8) is 0 Å². The SMILES string of the molecule is COC1C[C@@H](OS(C)(=O)=O)[C@H](OS(C)(=O)=O)C1. The maximum absolute atomic E-state index is 11.0. The molecule has 0 aromatic carbocycles. The molecule has 17 heavy (non-hydrogen) atoms. The predicted molar refractivity (Wildman–Crippen MR) is 59.5 cm³/mol. The maximum atomic E-state index is 11.0. The highest BCUT2D eigenvalue weighted by Gasteiger charge is 2.40.